The molecule has 29 heavy (non-hydrogen) atoms. The van der Waals surface area contributed by atoms with Crippen LogP contribution in [0.3, 0.4) is 0 Å². The maximum absolute atomic E-state index is 12.6. The number of nitrogens with one attached hydrogen (secondary N) is 1. The van der Waals surface area contributed by atoms with Crippen molar-refractivity contribution in [3.63, 3.8) is 0 Å². The molecule has 0 saturated heterocycles. The molecule has 1 amide bonds. The third kappa shape index (κ3) is 5.28. The van der Waals surface area contributed by atoms with E-state index in [1.54, 1.807) is 36.4 Å². The summed E-state index contributed by atoms with van der Waals surface area (Å²) in [6, 6.07) is 11.4. The predicted molar refractivity (Wildman–Crippen MR) is 102 cm³/mol. The first-order chi connectivity index (χ1) is 13.8. The van der Waals surface area contributed by atoms with Crippen LogP contribution in [0.2, 0.25) is 0 Å². The van der Waals surface area contributed by atoms with Crippen molar-refractivity contribution in [2.45, 2.75) is 6.18 Å². The van der Waals surface area contributed by atoms with Gasteiger partial charge < -0.3 is 5.73 Å². The van der Waals surface area contributed by atoms with Crippen molar-refractivity contribution < 1.29 is 18.0 Å². The first kappa shape index (κ1) is 19.8. The molecule has 0 spiro atoms. The number of rotatable bonds is 6. The van der Waals surface area contributed by atoms with E-state index in [2.05, 4.69) is 20.8 Å². The smallest absolute Gasteiger partial charge is 0.366 e. The molecule has 1 heterocycles. The molecule has 0 aliphatic heterocycles. The number of benzene rings is 2. The molecule has 10 heteroatoms. The SMILES string of the molecule is NC(=O)c1cccc(/C=C/C=N/Nn2ncc(-c3ccc(C(F)(F)F)cc3)n2)c1. The number of hydrazone groups is 1. The fourth-order valence-corrected chi connectivity index (χ4v) is 2.35. The van der Waals surface area contributed by atoms with Gasteiger partial charge in [0.2, 0.25) is 5.91 Å². The Morgan fingerprint density at radius 3 is 2.62 bits per heavy atom. The summed E-state index contributed by atoms with van der Waals surface area (Å²) in [7, 11) is 0. The van der Waals surface area contributed by atoms with E-state index < -0.39 is 17.6 Å². The minimum absolute atomic E-state index is 0.389. The van der Waals surface area contributed by atoms with Gasteiger partial charge in [0.1, 0.15) is 5.69 Å². The Labute approximate surface area is 163 Å². The Kier molecular flexibility index (Phi) is 5.72. The van der Waals surface area contributed by atoms with Crippen molar-refractivity contribution in [3.05, 3.63) is 77.5 Å². The van der Waals surface area contributed by atoms with Gasteiger partial charge in [-0.05, 0) is 35.9 Å². The van der Waals surface area contributed by atoms with Crippen molar-refractivity contribution >= 4 is 18.2 Å². The van der Waals surface area contributed by atoms with Crippen molar-refractivity contribution in [1.82, 2.24) is 15.1 Å². The maximum atomic E-state index is 12.6. The van der Waals surface area contributed by atoms with Gasteiger partial charge in [0, 0.05) is 17.3 Å². The Balaban J connectivity index is 1.59. The number of halogens is 3. The summed E-state index contributed by atoms with van der Waals surface area (Å²) in [6.45, 7) is 0. The number of alkyl halides is 3. The van der Waals surface area contributed by atoms with E-state index in [9.17, 15) is 18.0 Å². The van der Waals surface area contributed by atoms with Gasteiger partial charge in [0.05, 0.1) is 11.8 Å². The van der Waals surface area contributed by atoms with Gasteiger partial charge in [0.15, 0.2) is 0 Å². The van der Waals surface area contributed by atoms with Gasteiger partial charge >= 0.3 is 6.18 Å². The second-order valence-electron chi connectivity index (χ2n) is 5.82. The van der Waals surface area contributed by atoms with Gasteiger partial charge in [-0.25, -0.2) is 0 Å². The van der Waals surface area contributed by atoms with E-state index in [0.29, 0.717) is 16.8 Å². The molecule has 0 aliphatic rings. The first-order valence-electron chi connectivity index (χ1n) is 8.28. The van der Waals surface area contributed by atoms with Crippen molar-refractivity contribution in [2.24, 2.45) is 10.8 Å². The molecular weight excluding hydrogens is 385 g/mol. The average Bonchev–Trinajstić information content (AvgIpc) is 3.16. The third-order valence-corrected chi connectivity index (χ3v) is 3.77. The lowest BCUT2D eigenvalue weighted by Crippen LogP contribution is -2.11. The highest BCUT2D eigenvalue weighted by atomic mass is 19.4. The maximum Gasteiger partial charge on any atom is 0.416 e. The number of nitrogens with zero attached hydrogens (tertiary/aromatic N) is 4. The van der Waals surface area contributed by atoms with Gasteiger partial charge in [-0.1, -0.05) is 35.2 Å². The number of amides is 1. The second kappa shape index (κ2) is 8.38. The molecule has 0 aliphatic carbocycles. The number of carbonyl (C=O) groups is 1. The Morgan fingerprint density at radius 1 is 1.17 bits per heavy atom. The van der Waals surface area contributed by atoms with Crippen LogP contribution in [0.5, 0.6) is 0 Å². The summed E-state index contributed by atoms with van der Waals surface area (Å²) in [4.78, 5) is 12.2. The van der Waals surface area contributed by atoms with Gasteiger partial charge in [0.25, 0.3) is 0 Å². The van der Waals surface area contributed by atoms with Crippen LogP contribution in [-0.2, 0) is 6.18 Å². The van der Waals surface area contributed by atoms with Crippen LogP contribution in [0, 0.1) is 0 Å². The molecule has 0 saturated carbocycles. The Bertz CT molecular complexity index is 1050. The van der Waals surface area contributed by atoms with Gasteiger partial charge in [-0.3, -0.25) is 4.79 Å². The number of primary amides is 1. The van der Waals surface area contributed by atoms with E-state index in [1.165, 1.54) is 24.5 Å². The van der Waals surface area contributed by atoms with E-state index in [0.717, 1.165) is 22.6 Å². The molecule has 1 aromatic heterocycles. The number of nitrogens with two attached hydrogens (primary N) is 1. The highest BCUT2D eigenvalue weighted by Crippen LogP contribution is 2.30. The number of aromatic nitrogens is 3. The number of allylic oxidation sites excluding steroid dienone is 1. The van der Waals surface area contributed by atoms with Crippen LogP contribution in [0.1, 0.15) is 21.5 Å². The molecule has 0 atom stereocenters. The summed E-state index contributed by atoms with van der Waals surface area (Å²) in [6.07, 6.45) is 1.81. The predicted octanol–water partition coefficient (Wildman–Crippen LogP) is 3.31. The summed E-state index contributed by atoms with van der Waals surface area (Å²) in [5, 5.41) is 11.9. The number of hydrogen-bond donors (Lipinski definition) is 2. The van der Waals surface area contributed by atoms with E-state index in [1.807, 2.05) is 0 Å². The molecule has 0 unspecified atom stereocenters. The lowest BCUT2D eigenvalue weighted by Gasteiger charge is -2.06. The molecule has 148 valence electrons. The summed E-state index contributed by atoms with van der Waals surface area (Å²) >= 11 is 0. The monoisotopic (exact) mass is 400 g/mol. The first-order valence-corrected chi connectivity index (χ1v) is 8.28. The number of hydrogen-bond acceptors (Lipinski definition) is 5. The lowest BCUT2D eigenvalue weighted by molar-refractivity contribution is -0.137. The molecule has 0 bridgehead atoms. The van der Waals surface area contributed by atoms with Crippen molar-refractivity contribution in [1.29, 1.82) is 0 Å². The summed E-state index contributed by atoms with van der Waals surface area (Å²) in [5.41, 5.74) is 9.09. The molecule has 3 rings (SSSR count). The van der Waals surface area contributed by atoms with E-state index in [4.69, 9.17) is 5.73 Å². The van der Waals surface area contributed by atoms with Gasteiger partial charge in [-0.2, -0.15) is 23.8 Å². The summed E-state index contributed by atoms with van der Waals surface area (Å²) in [5.74, 6) is -0.510. The molecule has 7 nitrogen and oxygen atoms in total. The van der Waals surface area contributed by atoms with E-state index in [-0.39, 0.29) is 0 Å². The van der Waals surface area contributed by atoms with Crippen LogP contribution in [0.25, 0.3) is 17.3 Å². The minimum atomic E-state index is -4.39. The third-order valence-electron chi connectivity index (χ3n) is 3.77. The highest BCUT2D eigenvalue weighted by Gasteiger charge is 2.30. The van der Waals surface area contributed by atoms with Gasteiger partial charge in [-0.15, -0.1) is 10.2 Å². The minimum Gasteiger partial charge on any atom is -0.366 e. The molecule has 3 N–H and O–H groups in total. The fraction of sp³-hybridized carbons (Fsp3) is 0.0526. The summed E-state index contributed by atoms with van der Waals surface area (Å²) < 4.78 is 37.8. The topological polar surface area (TPSA) is 98.2 Å². The molecular formula is C19H15F3N6O. The average molecular weight is 400 g/mol. The normalized spacial score (nSPS) is 12.0. The lowest BCUT2D eigenvalue weighted by atomic mass is 10.1. The highest BCUT2D eigenvalue weighted by molar-refractivity contribution is 5.93. The van der Waals surface area contributed by atoms with Crippen LogP contribution >= 0.6 is 0 Å². The fourth-order valence-electron chi connectivity index (χ4n) is 2.35. The molecule has 2 aromatic carbocycles. The largest absolute Gasteiger partial charge is 0.416 e. The van der Waals surface area contributed by atoms with Crippen molar-refractivity contribution in [3.8, 4) is 11.3 Å². The van der Waals surface area contributed by atoms with Crippen molar-refractivity contribution in [2.75, 3.05) is 5.53 Å². The standard InChI is InChI=1S/C19H15F3N6O/c20-19(21,22)16-8-6-14(7-9-16)17-12-25-28(26-17)27-24-10-2-4-13-3-1-5-15(11-13)18(23)29/h1-12,27H,(H2,23,29)/b4-2+,24-10+. The zero-order valence-electron chi connectivity index (χ0n) is 14.8. The molecule has 3 aromatic rings. The molecule has 0 radical (unpaired) electrons. The van der Waals surface area contributed by atoms with Crippen LogP contribution in [0.15, 0.2) is 65.9 Å². The zero-order valence-corrected chi connectivity index (χ0v) is 14.8. The Hall–Kier alpha value is -3.95. The molecule has 0 fully saturated rings. The second-order valence-corrected chi connectivity index (χ2v) is 5.82. The Morgan fingerprint density at radius 2 is 1.93 bits per heavy atom. The number of carbonyl (C=O) groups excluding carboxylic acids is 1. The van der Waals surface area contributed by atoms with Crippen LogP contribution in [-0.4, -0.2) is 27.2 Å². The van der Waals surface area contributed by atoms with E-state index >= 15 is 0 Å². The van der Waals surface area contributed by atoms with Crippen LogP contribution in [0.4, 0.5) is 13.2 Å². The quantitative estimate of drug-likeness (QED) is 0.490. The van der Waals surface area contributed by atoms with Crippen LogP contribution < -0.4 is 11.3 Å². The zero-order chi connectivity index (χ0) is 20.9.